The first-order valence-corrected chi connectivity index (χ1v) is 10.6. The highest BCUT2D eigenvalue weighted by Crippen LogP contribution is 2.10. The Balaban J connectivity index is 0.00000364. The molecule has 0 fully saturated rings. The molecule has 0 spiro atoms. The molecular formula is C19H27IN4O2S. The van der Waals surface area contributed by atoms with Gasteiger partial charge in [-0.25, -0.2) is 8.42 Å². The maximum Gasteiger partial charge on any atom is 0.191 e. The minimum absolute atomic E-state index is 0. The van der Waals surface area contributed by atoms with Crippen molar-refractivity contribution < 1.29 is 8.42 Å². The number of sulfone groups is 1. The predicted molar refractivity (Wildman–Crippen MR) is 121 cm³/mol. The van der Waals surface area contributed by atoms with Crippen molar-refractivity contribution in [3.63, 3.8) is 0 Å². The van der Waals surface area contributed by atoms with Crippen LogP contribution in [0.1, 0.15) is 18.1 Å². The van der Waals surface area contributed by atoms with E-state index in [1.807, 2.05) is 31.3 Å². The van der Waals surface area contributed by atoms with Crippen LogP contribution in [-0.2, 0) is 22.7 Å². The first kappa shape index (κ1) is 23.4. The Morgan fingerprint density at radius 1 is 1.07 bits per heavy atom. The molecule has 0 saturated heterocycles. The number of aliphatic imine (C=N–C) groups is 1. The van der Waals surface area contributed by atoms with E-state index in [1.165, 1.54) is 11.8 Å². The van der Waals surface area contributed by atoms with E-state index < -0.39 is 9.84 Å². The summed E-state index contributed by atoms with van der Waals surface area (Å²) >= 11 is 0. The summed E-state index contributed by atoms with van der Waals surface area (Å²) in [7, 11) is -3.15. The van der Waals surface area contributed by atoms with Gasteiger partial charge >= 0.3 is 0 Å². The topological polar surface area (TPSA) is 83.5 Å². The normalized spacial score (nSPS) is 11.6. The van der Waals surface area contributed by atoms with Crippen LogP contribution in [0.4, 0.5) is 0 Å². The summed E-state index contributed by atoms with van der Waals surface area (Å²) in [6, 6.07) is 11.0. The minimum atomic E-state index is -3.15. The number of halogens is 1. The first-order valence-electron chi connectivity index (χ1n) is 8.69. The first-order chi connectivity index (χ1) is 12.5. The van der Waals surface area contributed by atoms with E-state index in [-0.39, 0.29) is 24.0 Å². The summed E-state index contributed by atoms with van der Waals surface area (Å²) in [6.07, 6.45) is 6.48. The summed E-state index contributed by atoms with van der Waals surface area (Å²) in [5.74, 6) is 0.782. The van der Waals surface area contributed by atoms with Gasteiger partial charge in [0.05, 0.1) is 4.90 Å². The molecule has 0 aliphatic carbocycles. The lowest BCUT2D eigenvalue weighted by atomic mass is 10.1. The zero-order valence-corrected chi connectivity index (χ0v) is 18.8. The SMILES string of the molecule is CCNC(=NCCc1ccc(S(C)(=O)=O)cc1)NCCc1cccnc1.I. The minimum Gasteiger partial charge on any atom is -0.357 e. The Morgan fingerprint density at radius 2 is 1.81 bits per heavy atom. The average molecular weight is 502 g/mol. The highest BCUT2D eigenvalue weighted by atomic mass is 127. The highest BCUT2D eigenvalue weighted by Gasteiger charge is 2.06. The van der Waals surface area contributed by atoms with Crippen molar-refractivity contribution in [2.75, 3.05) is 25.9 Å². The summed E-state index contributed by atoms with van der Waals surface area (Å²) in [4.78, 5) is 9.03. The van der Waals surface area contributed by atoms with Crippen molar-refractivity contribution in [2.24, 2.45) is 4.99 Å². The van der Waals surface area contributed by atoms with E-state index in [1.54, 1.807) is 18.3 Å². The molecule has 0 aliphatic heterocycles. The molecule has 27 heavy (non-hydrogen) atoms. The molecule has 6 nitrogen and oxygen atoms in total. The summed E-state index contributed by atoms with van der Waals surface area (Å²) in [6.45, 7) is 4.23. The van der Waals surface area contributed by atoms with Crippen LogP contribution < -0.4 is 10.6 Å². The van der Waals surface area contributed by atoms with E-state index in [0.29, 0.717) is 11.4 Å². The number of pyridine rings is 1. The largest absolute Gasteiger partial charge is 0.357 e. The van der Waals surface area contributed by atoms with Crippen LogP contribution in [0.15, 0.2) is 58.7 Å². The van der Waals surface area contributed by atoms with Crippen LogP contribution in [0.5, 0.6) is 0 Å². The average Bonchev–Trinajstić information content (AvgIpc) is 2.62. The van der Waals surface area contributed by atoms with Gasteiger partial charge in [-0.15, -0.1) is 24.0 Å². The molecular weight excluding hydrogens is 475 g/mol. The lowest BCUT2D eigenvalue weighted by Crippen LogP contribution is -2.38. The van der Waals surface area contributed by atoms with E-state index in [9.17, 15) is 8.42 Å². The molecule has 0 saturated carbocycles. The fourth-order valence-corrected chi connectivity index (χ4v) is 3.04. The maximum atomic E-state index is 11.5. The molecule has 0 amide bonds. The number of guanidine groups is 1. The van der Waals surface area contributed by atoms with Gasteiger partial charge in [-0.3, -0.25) is 9.98 Å². The van der Waals surface area contributed by atoms with E-state index in [4.69, 9.17) is 0 Å². The second kappa shape index (κ2) is 11.9. The fourth-order valence-electron chi connectivity index (χ4n) is 2.41. The molecule has 0 radical (unpaired) electrons. The van der Waals surface area contributed by atoms with Crippen molar-refractivity contribution in [2.45, 2.75) is 24.7 Å². The fraction of sp³-hybridized carbons (Fsp3) is 0.368. The molecule has 0 aliphatic rings. The number of nitrogens with zero attached hydrogens (tertiary/aromatic N) is 2. The third-order valence-corrected chi connectivity index (χ3v) is 4.92. The van der Waals surface area contributed by atoms with Crippen molar-refractivity contribution in [3.8, 4) is 0 Å². The van der Waals surface area contributed by atoms with Crippen molar-refractivity contribution in [3.05, 3.63) is 59.9 Å². The lowest BCUT2D eigenvalue weighted by Gasteiger charge is -2.11. The van der Waals surface area contributed by atoms with Crippen LogP contribution in [0, 0.1) is 0 Å². The van der Waals surface area contributed by atoms with Gasteiger partial charge in [-0.2, -0.15) is 0 Å². The maximum absolute atomic E-state index is 11.5. The monoisotopic (exact) mass is 502 g/mol. The number of hydrogen-bond donors (Lipinski definition) is 2. The Hall–Kier alpha value is -1.68. The van der Waals surface area contributed by atoms with Crippen LogP contribution in [0.3, 0.4) is 0 Å². The molecule has 2 rings (SSSR count). The van der Waals surface area contributed by atoms with E-state index >= 15 is 0 Å². The second-order valence-electron chi connectivity index (χ2n) is 5.96. The molecule has 2 aromatic rings. The molecule has 148 valence electrons. The van der Waals surface area contributed by atoms with Crippen LogP contribution in [0.25, 0.3) is 0 Å². The van der Waals surface area contributed by atoms with Crippen molar-refractivity contribution >= 4 is 39.8 Å². The third kappa shape index (κ3) is 8.70. The van der Waals surface area contributed by atoms with Gasteiger partial charge in [0.25, 0.3) is 0 Å². The van der Waals surface area contributed by atoms with E-state index in [2.05, 4.69) is 26.7 Å². The number of hydrogen-bond acceptors (Lipinski definition) is 4. The van der Waals surface area contributed by atoms with Gasteiger partial charge in [0.15, 0.2) is 15.8 Å². The Morgan fingerprint density at radius 3 is 2.41 bits per heavy atom. The molecule has 8 heteroatoms. The standard InChI is InChI=1S/C19H26N4O2S.HI/c1-3-21-19(23-14-11-17-5-4-12-20-15-17)22-13-10-16-6-8-18(9-7-16)26(2,24)25;/h4-9,12,15H,3,10-11,13-14H2,1-2H3,(H2,21,22,23);1H. The lowest BCUT2D eigenvalue weighted by molar-refractivity contribution is 0.602. The Labute approximate surface area is 178 Å². The molecule has 1 heterocycles. The van der Waals surface area contributed by atoms with Gasteiger partial charge in [0.1, 0.15) is 0 Å². The summed E-state index contributed by atoms with van der Waals surface area (Å²) in [5, 5.41) is 6.54. The molecule has 0 bridgehead atoms. The van der Waals surface area contributed by atoms with E-state index in [0.717, 1.165) is 37.5 Å². The van der Waals surface area contributed by atoms with Crippen LogP contribution in [-0.4, -0.2) is 45.3 Å². The number of nitrogens with one attached hydrogen (secondary N) is 2. The highest BCUT2D eigenvalue weighted by molar-refractivity contribution is 14.0. The number of aromatic nitrogens is 1. The Kier molecular flexibility index (Phi) is 10.3. The van der Waals surface area contributed by atoms with Crippen LogP contribution >= 0.6 is 24.0 Å². The molecule has 0 atom stereocenters. The summed E-state index contributed by atoms with van der Waals surface area (Å²) in [5.41, 5.74) is 2.24. The molecule has 2 N–H and O–H groups in total. The van der Waals surface area contributed by atoms with Gasteiger partial charge in [-0.05, 0) is 49.1 Å². The van der Waals surface area contributed by atoms with Gasteiger partial charge in [-0.1, -0.05) is 18.2 Å². The molecule has 1 aromatic carbocycles. The number of benzene rings is 1. The molecule has 0 unspecified atom stereocenters. The van der Waals surface area contributed by atoms with Crippen molar-refractivity contribution in [1.82, 2.24) is 15.6 Å². The second-order valence-corrected chi connectivity index (χ2v) is 7.98. The predicted octanol–water partition coefficient (Wildman–Crippen LogP) is 2.44. The molecule has 1 aromatic heterocycles. The van der Waals surface area contributed by atoms with Gasteiger partial charge in [0.2, 0.25) is 0 Å². The van der Waals surface area contributed by atoms with Gasteiger partial charge in [0, 0.05) is 38.3 Å². The zero-order valence-electron chi connectivity index (χ0n) is 15.7. The van der Waals surface area contributed by atoms with Crippen molar-refractivity contribution in [1.29, 1.82) is 0 Å². The van der Waals surface area contributed by atoms with Crippen LogP contribution in [0.2, 0.25) is 0 Å². The summed E-state index contributed by atoms with van der Waals surface area (Å²) < 4.78 is 23.0. The quantitative estimate of drug-likeness (QED) is 0.329. The zero-order chi connectivity index (χ0) is 18.8. The smallest absolute Gasteiger partial charge is 0.191 e. The third-order valence-electron chi connectivity index (χ3n) is 3.80. The van der Waals surface area contributed by atoms with Gasteiger partial charge < -0.3 is 10.6 Å². The number of rotatable bonds is 8. The Bertz CT molecular complexity index is 809.